The molecule has 0 radical (unpaired) electrons. The van der Waals surface area contributed by atoms with Gasteiger partial charge in [-0.3, -0.25) is 43.2 Å². The molecule has 6 amide bonds. The maximum absolute atomic E-state index is 15.3. The Morgan fingerprint density at radius 3 is 1.89 bits per heavy atom. The summed E-state index contributed by atoms with van der Waals surface area (Å²) in [5, 5.41) is 106. The van der Waals surface area contributed by atoms with Crippen LogP contribution in [0.15, 0.2) is 96.1 Å². The van der Waals surface area contributed by atoms with Crippen molar-refractivity contribution in [2.75, 3.05) is 114 Å². The lowest BCUT2D eigenvalue weighted by atomic mass is 9.44. The number of hydrogen-bond donors (Lipinski definition) is 14. The minimum Gasteiger partial charge on any atom is -0.492 e. The second-order valence-electron chi connectivity index (χ2n) is 37.6. The third kappa shape index (κ3) is 31.9. The zero-order valence-electron chi connectivity index (χ0n) is 83.7. The van der Waals surface area contributed by atoms with Gasteiger partial charge in [0.05, 0.1) is 81.6 Å². The van der Waals surface area contributed by atoms with Crippen LogP contribution in [0.3, 0.4) is 0 Å². The number of aliphatic hydroxyl groups excluding tert-OH is 7. The van der Waals surface area contributed by atoms with Gasteiger partial charge in [-0.15, -0.1) is 0 Å². The summed E-state index contributed by atoms with van der Waals surface area (Å²) < 4.78 is 94.6. The number of ether oxygens (including phenoxy) is 17. The first-order valence-corrected chi connectivity index (χ1v) is 48.1. The third-order valence-electron chi connectivity index (χ3n) is 25.8. The average Bonchev–Trinajstić information content (AvgIpc) is 0.667. The number of methoxy groups -OCH3 is 3. The zero-order chi connectivity index (χ0) is 106. The number of aliphatic hydroxyl groups is 8. The topological polar surface area (TPSA) is 630 Å². The summed E-state index contributed by atoms with van der Waals surface area (Å²) in [6, 6.07) is 20.0. The van der Waals surface area contributed by atoms with Crippen molar-refractivity contribution in [3.8, 4) is 5.75 Å². The van der Waals surface area contributed by atoms with Gasteiger partial charge in [0.2, 0.25) is 35.6 Å². The van der Waals surface area contributed by atoms with Crippen LogP contribution in [-0.4, -0.2) is 358 Å². The van der Waals surface area contributed by atoms with Crippen molar-refractivity contribution in [2.24, 2.45) is 22.7 Å². The molecule has 2 bridgehead atoms. The number of benzene rings is 3. The number of alkyl carbamates (subject to hydrolysis) is 1. The monoisotopic (exact) mass is 2040 g/mol. The molecule has 5 unspecified atom stereocenters. The lowest BCUT2D eigenvalue weighted by Gasteiger charge is -2.67. The van der Waals surface area contributed by atoms with Crippen molar-refractivity contribution >= 4 is 83.0 Å². The molecule has 3 aromatic rings. The number of fused-ring (bicyclic) bond motifs is 5. The Morgan fingerprint density at radius 1 is 0.618 bits per heavy atom. The Morgan fingerprint density at radius 2 is 1.26 bits per heavy atom. The van der Waals surface area contributed by atoms with Crippen LogP contribution in [0.25, 0.3) is 0 Å². The number of rotatable bonds is 51. The Kier molecular flexibility index (Phi) is 45.9. The second-order valence-corrected chi connectivity index (χ2v) is 37.6. The third-order valence-corrected chi connectivity index (χ3v) is 25.8. The quantitative estimate of drug-likeness (QED) is 0.0161. The van der Waals surface area contributed by atoms with E-state index in [0.717, 1.165) is 38.2 Å². The van der Waals surface area contributed by atoms with Gasteiger partial charge in [0.15, 0.2) is 29.7 Å². The molecule has 3 saturated heterocycles. The van der Waals surface area contributed by atoms with E-state index < -0.39 is 266 Å². The number of hydrogen-bond acceptors (Lipinski definition) is 39. The first kappa shape index (κ1) is 119. The van der Waals surface area contributed by atoms with Crippen LogP contribution in [0.4, 0.5) is 4.79 Å². The van der Waals surface area contributed by atoms with Crippen LogP contribution >= 0.6 is 0 Å². The molecule has 5 fully saturated rings. The highest BCUT2D eigenvalue weighted by Gasteiger charge is 2.78. The van der Waals surface area contributed by atoms with Crippen molar-refractivity contribution < 1.29 is 189 Å². The van der Waals surface area contributed by atoms with E-state index in [-0.39, 0.29) is 113 Å². The van der Waals surface area contributed by atoms with Crippen molar-refractivity contribution in [1.82, 2.24) is 31.9 Å². The smallest absolute Gasteiger partial charge is 0.408 e. The lowest BCUT2D eigenvalue weighted by molar-refractivity contribution is -0.346. The largest absolute Gasteiger partial charge is 0.492 e. The van der Waals surface area contributed by atoms with E-state index in [1.807, 2.05) is 0 Å². The molecule has 802 valence electrons. The van der Waals surface area contributed by atoms with Crippen LogP contribution in [-0.2, 0) is 140 Å². The summed E-state index contributed by atoms with van der Waals surface area (Å²) in [7, 11) is 3.95. The minimum atomic E-state index is -2.52. The Balaban J connectivity index is 0.000000400. The summed E-state index contributed by atoms with van der Waals surface area (Å²) in [6.07, 6.45) is -21.5. The fraction of sp³-hybridized carbons (Fsp3) is 0.657. The molecule has 45 nitrogen and oxygen atoms in total. The van der Waals surface area contributed by atoms with E-state index in [4.69, 9.17) is 75.8 Å². The molecule has 23 atom stereocenters. The summed E-state index contributed by atoms with van der Waals surface area (Å²) >= 11 is 0. The van der Waals surface area contributed by atoms with Gasteiger partial charge in [0, 0.05) is 72.3 Å². The van der Waals surface area contributed by atoms with E-state index in [0.29, 0.717) is 25.0 Å². The molecule has 3 aliphatic heterocycles. The maximum Gasteiger partial charge on any atom is 0.408 e. The first-order chi connectivity index (χ1) is 68.3. The van der Waals surface area contributed by atoms with Gasteiger partial charge in [-0.2, -0.15) is 0 Å². The van der Waals surface area contributed by atoms with Crippen molar-refractivity contribution in [3.05, 3.63) is 113 Å². The van der Waals surface area contributed by atoms with Gasteiger partial charge in [-0.05, 0) is 114 Å². The SMILES string of the molecule is CCCCCCC(=O)N[C@@H](Cc1ccc(OCCNC(=O)CO[C@@H]2C(O)[C@@H](OC)OC(CO[C@@H]3OC(COC)[C@@H](O)[C@H](O)C3O)[C@H]2O)cc1)C(=O)OCC.CCOC(=O)[C@H](CCCCNC(=O)COCC(=O)O[C@@H](C(=O)O[C@H]1C[C@@]2(O)[C@@H](OC(=O)c3ccccc3)[C@@H]3[C@]4(OC(C)=O)CO[C@@H]4C[C@H](O)[C@@]3(C)C(=O)[C@H](O)C(=C1C)C2(C)C)C(NC(=O)OC(C)(C)C)c1ccccc1)CC(=O)CNC(=O)CNC(=O)COC. The van der Waals surface area contributed by atoms with E-state index in [9.17, 15) is 98.4 Å². The number of amides is 6. The van der Waals surface area contributed by atoms with E-state index >= 15 is 9.59 Å². The molecular weight excluding hydrogens is 1900 g/mol. The molecule has 0 spiro atoms. The summed E-state index contributed by atoms with van der Waals surface area (Å²) in [5.41, 5.74) is -8.54. The van der Waals surface area contributed by atoms with Gasteiger partial charge in [-0.25, -0.2) is 24.0 Å². The average molecular weight is 2040 g/mol. The Bertz CT molecular complexity index is 4790. The summed E-state index contributed by atoms with van der Waals surface area (Å²) in [5.74, 6) is -11.6. The molecule has 3 aliphatic carbocycles. The molecule has 144 heavy (non-hydrogen) atoms. The van der Waals surface area contributed by atoms with Crippen LogP contribution in [0.2, 0.25) is 0 Å². The first-order valence-electron chi connectivity index (χ1n) is 48.1. The van der Waals surface area contributed by atoms with E-state index in [2.05, 4.69) is 43.6 Å². The fourth-order valence-electron chi connectivity index (χ4n) is 18.3. The molecule has 45 heteroatoms. The van der Waals surface area contributed by atoms with Crippen LogP contribution in [0, 0.1) is 22.7 Å². The predicted molar refractivity (Wildman–Crippen MR) is 501 cm³/mol. The molecule has 0 aromatic heterocycles. The lowest BCUT2D eigenvalue weighted by Crippen LogP contribution is -2.81. The van der Waals surface area contributed by atoms with E-state index in [1.165, 1.54) is 73.3 Å². The number of carbonyl (C=O) groups excluding carboxylic acids is 14. The van der Waals surface area contributed by atoms with Gasteiger partial charge in [0.25, 0.3) is 0 Å². The number of carbonyl (C=O) groups is 14. The van der Waals surface area contributed by atoms with Gasteiger partial charge in [0.1, 0.15) is 135 Å². The molecule has 14 N–H and O–H groups in total. The molecule has 9 rings (SSSR count). The van der Waals surface area contributed by atoms with Crippen molar-refractivity contribution in [1.29, 1.82) is 0 Å². The van der Waals surface area contributed by atoms with Crippen molar-refractivity contribution in [3.63, 3.8) is 0 Å². The molecular formula is C99H142N6O39. The van der Waals surface area contributed by atoms with Crippen molar-refractivity contribution in [2.45, 2.75) is 280 Å². The summed E-state index contributed by atoms with van der Waals surface area (Å²) in [6.45, 7) is 13.4. The van der Waals surface area contributed by atoms with Crippen LogP contribution < -0.4 is 36.6 Å². The summed E-state index contributed by atoms with van der Waals surface area (Å²) in [4.78, 5) is 185. The molecule has 3 aromatic carbocycles. The van der Waals surface area contributed by atoms with E-state index in [1.54, 1.807) is 95.3 Å². The van der Waals surface area contributed by atoms with Gasteiger partial charge >= 0.3 is 41.9 Å². The zero-order valence-corrected chi connectivity index (χ0v) is 83.7. The van der Waals surface area contributed by atoms with Crippen LogP contribution in [0.5, 0.6) is 5.75 Å². The van der Waals surface area contributed by atoms with Gasteiger partial charge < -0.3 is 153 Å². The normalized spacial score (nSPS) is 27.0. The fourth-order valence-corrected chi connectivity index (χ4v) is 18.3. The maximum atomic E-state index is 15.3. The van der Waals surface area contributed by atoms with Crippen LogP contribution in [0.1, 0.15) is 174 Å². The number of unbranched alkanes of at least 4 members (excludes halogenated alkanes) is 4. The minimum absolute atomic E-state index is 0.00590. The highest BCUT2D eigenvalue weighted by molar-refractivity contribution is 5.95. The second kappa shape index (κ2) is 55.7. The number of ketones is 2. The van der Waals surface area contributed by atoms with Gasteiger partial charge in [-0.1, -0.05) is 107 Å². The number of Topliss-reactive ketones (excluding diaryl/α,β-unsaturated/α-hetero) is 2. The standard InChI is InChI=1S/C63H84N4O23.C36H58N2O16/c1-11-84-55(77)39(26-40(69)29-65-44(71)30-66-45(72)31-82-10)24-18-19-25-64-46(73)32-83-33-47(74)87-51(49(37-20-14-12-15-21-37)67-58(80)90-59(4,5)6)57(79)86-41-28-63(81)54(88-56(78)38-22-16-13-17-23-38)52-61(9,53(76)50(75)48(35(41)2)60(63,7)8)42(70)27-43-62(52,34-85-43)89-36(3)68;1-5-7-8-9-10-26(39)38-23(34(46)49-6-2)17-21-11-13-22(14-12-21)50-16-15-37-27(40)20-51-33-29(42)25(53-35(48-4)32(33)45)19-52-36-31(44)30(43)28(41)24(54-36)18-47-3/h12-17,20-23,39,41-43,49-52,54,70,75,81H,11,18-19,24-34H2,1-10H3,(H,64,73)(H,65,71)(H,66,72)(H,67,80);11-14,23-25,28-33,35-36,41-45H,5-10,15-20H2,1-4H3,(H,37,40)(H,38,39)/t39-,41+,42+,43-,49?,50-,51-,52+,54+,61-,62+,63-;23-,24?,25?,28+,29+,30-,31?,32?,33-,35-,36+/m10/s1. The Hall–Kier alpha value is -10.7. The number of nitrogens with one attached hydrogen (secondary N) is 6. The highest BCUT2D eigenvalue weighted by Crippen LogP contribution is 2.64. The molecule has 6 aliphatic rings. The number of esters is 6. The predicted octanol–water partition coefficient (Wildman–Crippen LogP) is 0.822. The molecule has 3 heterocycles. The molecule has 2 saturated carbocycles. The highest BCUT2D eigenvalue weighted by atomic mass is 16.7. The Labute approximate surface area is 834 Å².